The second-order valence-corrected chi connectivity index (χ2v) is 11.7. The van der Waals surface area contributed by atoms with Crippen LogP contribution in [0.15, 0.2) is 72.8 Å². The predicted octanol–water partition coefficient (Wildman–Crippen LogP) is 5.96. The molecular formula is C38H29N5O9. The molecule has 8 bridgehead atoms. The highest BCUT2D eigenvalue weighted by Crippen LogP contribution is 2.45. The lowest BCUT2D eigenvalue weighted by atomic mass is 10.0. The van der Waals surface area contributed by atoms with Gasteiger partial charge in [0.25, 0.3) is 0 Å². The lowest BCUT2D eigenvalue weighted by molar-refractivity contribution is -0.140. The Hall–Kier alpha value is -7.35. The molecule has 5 aromatic rings. The predicted molar refractivity (Wildman–Crippen MR) is 194 cm³/mol. The molecule has 0 radical (unpaired) electrons. The number of hydrogen-bond acceptors (Lipinski definition) is 9. The minimum Gasteiger partial charge on any atom is -0.482 e. The maximum absolute atomic E-state index is 11.7. The number of nitrogens with zero attached hydrogens (tertiary/aromatic N) is 2. The fraction of sp³-hybridized carbons (Fsp3) is 0.0789. The third-order valence-electron chi connectivity index (χ3n) is 7.95. The van der Waals surface area contributed by atoms with Crippen LogP contribution in [0.3, 0.4) is 0 Å². The van der Waals surface area contributed by atoms with E-state index in [0.717, 1.165) is 27.9 Å². The Bertz CT molecular complexity index is 2440. The average Bonchev–Trinajstić information content (AvgIpc) is 3.94. The quantitative estimate of drug-likeness (QED) is 0.0861. The zero-order valence-electron chi connectivity index (χ0n) is 27.1. The van der Waals surface area contributed by atoms with Crippen LogP contribution in [0.5, 0.6) is 17.2 Å². The summed E-state index contributed by atoms with van der Waals surface area (Å²) in [5, 5.41) is 28.2. The molecule has 7 N–H and O–H groups in total. The molecular weight excluding hydrogens is 670 g/mol. The minimum absolute atomic E-state index is 0.0542. The van der Waals surface area contributed by atoms with Gasteiger partial charge in [0.05, 0.1) is 28.3 Å². The highest BCUT2D eigenvalue weighted by molar-refractivity contribution is 5.96. The van der Waals surface area contributed by atoms with Gasteiger partial charge in [-0.2, -0.15) is 0 Å². The second kappa shape index (κ2) is 13.9. The number of benzene rings is 2. The summed E-state index contributed by atoms with van der Waals surface area (Å²) in [7, 11) is 0. The Balaban J connectivity index is 1.52. The molecule has 2 aliphatic rings. The molecule has 14 heteroatoms. The molecule has 260 valence electrons. The number of fused-ring (bicyclic) bond motifs is 8. The van der Waals surface area contributed by atoms with E-state index in [-0.39, 0.29) is 22.8 Å². The van der Waals surface area contributed by atoms with Crippen LogP contribution in [0.4, 0.5) is 5.69 Å². The SMILES string of the molecule is Nc1ccc(-c2c3nc(cc4ccc([nH]4)c(-c4c(OCC(=O)O)cc(OCC(=O)O)cc4OCC(=O)O)c4nc(cc5ccc2[nH]5)C=C4)C=C3)cc1. The molecule has 3 aromatic heterocycles. The first kappa shape index (κ1) is 33.2. The minimum atomic E-state index is -1.29. The summed E-state index contributed by atoms with van der Waals surface area (Å²) in [6, 6.07) is 21.4. The number of H-pyrrole nitrogens is 2. The molecule has 2 aliphatic heterocycles. The van der Waals surface area contributed by atoms with Gasteiger partial charge in [-0.05, 0) is 78.4 Å². The third-order valence-corrected chi connectivity index (χ3v) is 7.95. The number of ether oxygens (including phenoxy) is 3. The van der Waals surface area contributed by atoms with Crippen LogP contribution in [-0.4, -0.2) is 73.0 Å². The average molecular weight is 700 g/mol. The number of aromatic amines is 2. The number of nitrogens with one attached hydrogen (secondary N) is 2. The Morgan fingerprint density at radius 1 is 0.577 bits per heavy atom. The van der Waals surface area contributed by atoms with Gasteiger partial charge in [0.15, 0.2) is 19.8 Å². The molecule has 0 spiro atoms. The molecule has 0 aliphatic carbocycles. The van der Waals surface area contributed by atoms with Crippen molar-refractivity contribution in [3.63, 3.8) is 0 Å². The van der Waals surface area contributed by atoms with Crippen LogP contribution < -0.4 is 19.9 Å². The van der Waals surface area contributed by atoms with Gasteiger partial charge in [-0.15, -0.1) is 0 Å². The first-order valence-electron chi connectivity index (χ1n) is 15.8. The van der Waals surface area contributed by atoms with E-state index in [1.54, 1.807) is 18.2 Å². The Morgan fingerprint density at radius 3 is 1.58 bits per heavy atom. The van der Waals surface area contributed by atoms with E-state index in [0.29, 0.717) is 39.4 Å². The van der Waals surface area contributed by atoms with Crippen molar-refractivity contribution in [1.29, 1.82) is 0 Å². The Kier molecular flexibility index (Phi) is 8.85. The van der Waals surface area contributed by atoms with Crippen molar-refractivity contribution >= 4 is 70.0 Å². The van der Waals surface area contributed by atoms with Crippen LogP contribution in [0.25, 0.3) is 68.6 Å². The third kappa shape index (κ3) is 7.16. The van der Waals surface area contributed by atoms with Gasteiger partial charge in [0, 0.05) is 51.0 Å². The number of carboxylic acid groups (broad SMARTS) is 3. The molecule has 0 saturated heterocycles. The normalized spacial score (nSPS) is 11.7. The van der Waals surface area contributed by atoms with E-state index in [9.17, 15) is 29.7 Å². The standard InChI is InChI=1S/C38H29N5O9/c39-21-3-1-20(2-4-21)36-27-9-5-22(40-27)13-24-7-11-29(42-24)37(30-12-8-25(43-30)14-23-6-10-28(36)41-23)38-31(51-18-34(46)47)15-26(50-17-33(44)45)16-32(38)52-19-35(48)49/h1-16,40,43H,17-19,39H2,(H,44,45)(H,46,47)(H,48,49). The van der Waals surface area contributed by atoms with Crippen molar-refractivity contribution in [1.82, 2.24) is 19.9 Å². The Labute approximate surface area is 294 Å². The highest BCUT2D eigenvalue weighted by Gasteiger charge is 2.24. The van der Waals surface area contributed by atoms with Crippen molar-refractivity contribution in [2.75, 3.05) is 25.6 Å². The first-order valence-corrected chi connectivity index (χ1v) is 15.8. The zero-order chi connectivity index (χ0) is 36.4. The van der Waals surface area contributed by atoms with Crippen molar-refractivity contribution < 1.29 is 43.9 Å². The number of nitrogens with two attached hydrogens (primary N) is 1. The number of hydrogen-bond donors (Lipinski definition) is 6. The number of nitrogen functional groups attached to an aromatic ring is 1. The largest absolute Gasteiger partial charge is 0.482 e. The number of aliphatic carboxylic acids is 3. The number of carboxylic acids is 3. The van der Waals surface area contributed by atoms with Crippen LogP contribution in [0.1, 0.15) is 22.8 Å². The number of carbonyl (C=O) groups is 3. The molecule has 52 heavy (non-hydrogen) atoms. The summed E-state index contributed by atoms with van der Waals surface area (Å²) in [6.45, 7) is -2.30. The fourth-order valence-electron chi connectivity index (χ4n) is 5.84. The van der Waals surface area contributed by atoms with Gasteiger partial charge in [0.2, 0.25) is 0 Å². The zero-order valence-corrected chi connectivity index (χ0v) is 27.1. The topological polar surface area (TPSA) is 223 Å². The molecule has 7 rings (SSSR count). The molecule has 0 unspecified atom stereocenters. The van der Waals surface area contributed by atoms with Gasteiger partial charge in [-0.3, -0.25) is 0 Å². The first-order chi connectivity index (χ1) is 25.1. The van der Waals surface area contributed by atoms with Crippen LogP contribution >= 0.6 is 0 Å². The molecule has 0 fully saturated rings. The van der Waals surface area contributed by atoms with Gasteiger partial charge < -0.3 is 45.2 Å². The van der Waals surface area contributed by atoms with Gasteiger partial charge in [-0.1, -0.05) is 12.1 Å². The van der Waals surface area contributed by atoms with Crippen LogP contribution in [-0.2, 0) is 14.4 Å². The monoisotopic (exact) mass is 699 g/mol. The van der Waals surface area contributed by atoms with Gasteiger partial charge >= 0.3 is 17.9 Å². The summed E-state index contributed by atoms with van der Waals surface area (Å²) in [5.74, 6) is -4.06. The Morgan fingerprint density at radius 2 is 1.06 bits per heavy atom. The lowest BCUT2D eigenvalue weighted by Gasteiger charge is -2.18. The summed E-state index contributed by atoms with van der Waals surface area (Å²) >= 11 is 0. The highest BCUT2D eigenvalue weighted by atomic mass is 16.5. The number of anilines is 1. The van der Waals surface area contributed by atoms with Crippen molar-refractivity contribution in [3.05, 3.63) is 95.6 Å². The summed E-state index contributed by atoms with van der Waals surface area (Å²) in [5.41, 5.74) is 14.0. The fourth-order valence-corrected chi connectivity index (χ4v) is 5.84. The van der Waals surface area contributed by atoms with Crippen LogP contribution in [0, 0.1) is 0 Å². The number of aromatic nitrogens is 4. The van der Waals surface area contributed by atoms with Crippen molar-refractivity contribution in [2.24, 2.45) is 0 Å². The van der Waals surface area contributed by atoms with Crippen molar-refractivity contribution in [3.8, 4) is 39.5 Å². The molecule has 2 aromatic carbocycles. The number of rotatable bonds is 11. The van der Waals surface area contributed by atoms with Crippen molar-refractivity contribution in [2.45, 2.75) is 0 Å². The van der Waals surface area contributed by atoms with Gasteiger partial charge in [-0.25, -0.2) is 24.4 Å². The maximum Gasteiger partial charge on any atom is 0.341 e. The smallest absolute Gasteiger partial charge is 0.341 e. The lowest BCUT2D eigenvalue weighted by Crippen LogP contribution is -2.14. The second-order valence-electron chi connectivity index (χ2n) is 11.7. The molecule has 5 heterocycles. The maximum atomic E-state index is 11.7. The summed E-state index contributed by atoms with van der Waals surface area (Å²) in [6.07, 6.45) is 7.36. The molecule has 0 amide bonds. The van der Waals surface area contributed by atoms with Gasteiger partial charge in [0.1, 0.15) is 17.2 Å². The molecule has 0 atom stereocenters. The summed E-state index contributed by atoms with van der Waals surface area (Å²) in [4.78, 5) is 51.2. The molecule has 0 saturated carbocycles. The van der Waals surface area contributed by atoms with E-state index < -0.39 is 37.7 Å². The van der Waals surface area contributed by atoms with E-state index in [1.807, 2.05) is 66.7 Å². The van der Waals surface area contributed by atoms with E-state index in [1.165, 1.54) is 12.1 Å². The summed E-state index contributed by atoms with van der Waals surface area (Å²) < 4.78 is 16.8. The van der Waals surface area contributed by atoms with E-state index >= 15 is 0 Å². The van der Waals surface area contributed by atoms with E-state index in [4.69, 9.17) is 29.9 Å². The van der Waals surface area contributed by atoms with Crippen LogP contribution in [0.2, 0.25) is 0 Å². The van der Waals surface area contributed by atoms with E-state index in [2.05, 4.69) is 9.97 Å². The molecule has 14 nitrogen and oxygen atoms in total.